The lowest BCUT2D eigenvalue weighted by atomic mass is 10.2. The van der Waals surface area contributed by atoms with Crippen LogP contribution in [0.4, 0.5) is 0 Å². The van der Waals surface area contributed by atoms with E-state index in [9.17, 15) is 9.90 Å². The number of rotatable bonds is 10. The molecule has 1 aromatic rings. The van der Waals surface area contributed by atoms with Crippen LogP contribution in [0.5, 0.6) is 5.75 Å². The summed E-state index contributed by atoms with van der Waals surface area (Å²) in [5.74, 6) is 0.238. The monoisotopic (exact) mass is 311 g/mol. The molecule has 1 aromatic carbocycles. The van der Waals surface area contributed by atoms with Crippen molar-refractivity contribution in [1.82, 2.24) is 5.32 Å². The van der Waals surface area contributed by atoms with Gasteiger partial charge in [-0.1, -0.05) is 0 Å². The third-order valence-corrected chi connectivity index (χ3v) is 2.93. The number of benzene rings is 1. The standard InChI is InChI=1S/C16H25NO5/c1-4-21-16(19)13-5-7-15(8-6-13)22-11-14(18)9-17-12(2)10-20-3/h5-8,12,14,17-18H,4,9-11H2,1-3H3. The first-order valence-corrected chi connectivity index (χ1v) is 7.37. The van der Waals surface area contributed by atoms with Crippen molar-refractivity contribution >= 4 is 5.97 Å². The van der Waals surface area contributed by atoms with Crippen LogP contribution < -0.4 is 10.1 Å². The molecule has 2 unspecified atom stereocenters. The number of carbonyl (C=O) groups is 1. The van der Waals surface area contributed by atoms with Crippen molar-refractivity contribution in [3.8, 4) is 5.75 Å². The Hall–Kier alpha value is -1.63. The summed E-state index contributed by atoms with van der Waals surface area (Å²) in [6.45, 7) is 5.26. The molecule has 2 N–H and O–H groups in total. The molecular weight excluding hydrogens is 286 g/mol. The van der Waals surface area contributed by atoms with Crippen LogP contribution >= 0.6 is 0 Å². The summed E-state index contributed by atoms with van der Waals surface area (Å²) >= 11 is 0. The lowest BCUT2D eigenvalue weighted by molar-refractivity contribution is 0.0526. The molecule has 124 valence electrons. The lowest BCUT2D eigenvalue weighted by Gasteiger charge is -2.17. The van der Waals surface area contributed by atoms with Gasteiger partial charge in [-0.25, -0.2) is 4.79 Å². The fraction of sp³-hybridized carbons (Fsp3) is 0.562. The Balaban J connectivity index is 2.33. The summed E-state index contributed by atoms with van der Waals surface area (Å²) in [4.78, 5) is 11.5. The van der Waals surface area contributed by atoms with Crippen LogP contribution in [0.3, 0.4) is 0 Å². The number of carbonyl (C=O) groups excluding carboxylic acids is 1. The minimum atomic E-state index is -0.621. The van der Waals surface area contributed by atoms with Gasteiger partial charge >= 0.3 is 5.97 Å². The summed E-state index contributed by atoms with van der Waals surface area (Å²) in [6, 6.07) is 6.81. The van der Waals surface area contributed by atoms with Gasteiger partial charge in [0, 0.05) is 19.7 Å². The molecule has 0 aromatic heterocycles. The van der Waals surface area contributed by atoms with E-state index in [0.717, 1.165) is 0 Å². The highest BCUT2D eigenvalue weighted by atomic mass is 16.5. The zero-order valence-corrected chi connectivity index (χ0v) is 13.4. The minimum absolute atomic E-state index is 0.170. The van der Waals surface area contributed by atoms with E-state index < -0.39 is 6.10 Å². The van der Waals surface area contributed by atoms with Gasteiger partial charge in [-0.3, -0.25) is 0 Å². The van der Waals surface area contributed by atoms with E-state index in [4.69, 9.17) is 14.2 Å². The SMILES string of the molecule is CCOC(=O)c1ccc(OCC(O)CNC(C)COC)cc1. The van der Waals surface area contributed by atoms with Crippen molar-refractivity contribution in [2.24, 2.45) is 0 Å². The lowest BCUT2D eigenvalue weighted by Crippen LogP contribution is -2.38. The molecule has 0 saturated heterocycles. The van der Waals surface area contributed by atoms with Gasteiger partial charge in [0.25, 0.3) is 0 Å². The molecule has 2 atom stereocenters. The van der Waals surface area contributed by atoms with E-state index >= 15 is 0 Å². The molecule has 0 bridgehead atoms. The van der Waals surface area contributed by atoms with E-state index in [1.54, 1.807) is 38.3 Å². The van der Waals surface area contributed by atoms with Crippen molar-refractivity contribution < 1.29 is 24.1 Å². The molecule has 0 aliphatic heterocycles. The van der Waals surface area contributed by atoms with Gasteiger partial charge < -0.3 is 24.6 Å². The van der Waals surface area contributed by atoms with Crippen LogP contribution in [0.2, 0.25) is 0 Å². The maximum absolute atomic E-state index is 11.5. The van der Waals surface area contributed by atoms with E-state index in [1.165, 1.54) is 0 Å². The van der Waals surface area contributed by atoms with Gasteiger partial charge in [-0.15, -0.1) is 0 Å². The quantitative estimate of drug-likeness (QED) is 0.633. The molecule has 0 fully saturated rings. The molecule has 0 saturated carbocycles. The van der Waals surface area contributed by atoms with Crippen molar-refractivity contribution in [1.29, 1.82) is 0 Å². The van der Waals surface area contributed by atoms with E-state index in [2.05, 4.69) is 5.32 Å². The number of ether oxygens (including phenoxy) is 3. The van der Waals surface area contributed by atoms with Crippen LogP contribution in [0.1, 0.15) is 24.2 Å². The summed E-state index contributed by atoms with van der Waals surface area (Å²) in [6.07, 6.45) is -0.621. The number of aliphatic hydroxyl groups excluding tert-OH is 1. The number of esters is 1. The normalized spacial score (nSPS) is 13.5. The van der Waals surface area contributed by atoms with Gasteiger partial charge in [0.2, 0.25) is 0 Å². The summed E-state index contributed by atoms with van der Waals surface area (Å²) in [5.41, 5.74) is 0.477. The fourth-order valence-corrected chi connectivity index (χ4v) is 1.80. The van der Waals surface area contributed by atoms with Gasteiger partial charge in [-0.2, -0.15) is 0 Å². The summed E-state index contributed by atoms with van der Waals surface area (Å²) in [5, 5.41) is 13.0. The molecule has 6 nitrogen and oxygen atoms in total. The first kappa shape index (κ1) is 18.4. The van der Waals surface area contributed by atoms with Gasteiger partial charge in [0.1, 0.15) is 18.5 Å². The third kappa shape index (κ3) is 6.89. The molecular formula is C16H25NO5. The Kier molecular flexibility index (Phi) is 8.50. The first-order valence-electron chi connectivity index (χ1n) is 7.37. The molecule has 0 radical (unpaired) electrons. The zero-order chi connectivity index (χ0) is 16.4. The second-order valence-electron chi connectivity index (χ2n) is 4.97. The van der Waals surface area contributed by atoms with Crippen LogP contribution in [-0.2, 0) is 9.47 Å². The third-order valence-electron chi connectivity index (χ3n) is 2.93. The highest BCUT2D eigenvalue weighted by molar-refractivity contribution is 5.89. The molecule has 22 heavy (non-hydrogen) atoms. The fourth-order valence-electron chi connectivity index (χ4n) is 1.80. The van der Waals surface area contributed by atoms with Crippen molar-refractivity contribution in [3.63, 3.8) is 0 Å². The van der Waals surface area contributed by atoms with Crippen LogP contribution in [0.25, 0.3) is 0 Å². The largest absolute Gasteiger partial charge is 0.491 e. The van der Waals surface area contributed by atoms with Gasteiger partial charge in [0.15, 0.2) is 0 Å². The minimum Gasteiger partial charge on any atom is -0.491 e. The number of hydrogen-bond acceptors (Lipinski definition) is 6. The van der Waals surface area contributed by atoms with E-state index in [1.807, 2.05) is 6.92 Å². The predicted molar refractivity (Wildman–Crippen MR) is 83.2 cm³/mol. The highest BCUT2D eigenvalue weighted by Crippen LogP contribution is 2.13. The predicted octanol–water partition coefficient (Wildman–Crippen LogP) is 1.23. The number of aliphatic hydroxyl groups is 1. The highest BCUT2D eigenvalue weighted by Gasteiger charge is 2.09. The van der Waals surface area contributed by atoms with Gasteiger partial charge in [-0.05, 0) is 38.1 Å². The maximum atomic E-state index is 11.5. The number of hydrogen-bond donors (Lipinski definition) is 2. The van der Waals surface area contributed by atoms with Gasteiger partial charge in [0.05, 0.1) is 18.8 Å². The molecule has 1 rings (SSSR count). The van der Waals surface area contributed by atoms with E-state index in [0.29, 0.717) is 31.1 Å². The second-order valence-corrected chi connectivity index (χ2v) is 4.97. The Morgan fingerprint density at radius 2 is 1.95 bits per heavy atom. The molecule has 0 spiro atoms. The molecule has 0 aliphatic rings. The van der Waals surface area contributed by atoms with E-state index in [-0.39, 0.29) is 18.6 Å². The molecule has 0 heterocycles. The van der Waals surface area contributed by atoms with Crippen LogP contribution in [0.15, 0.2) is 24.3 Å². The zero-order valence-electron chi connectivity index (χ0n) is 13.4. The molecule has 6 heteroatoms. The Bertz CT molecular complexity index is 435. The summed E-state index contributed by atoms with van der Waals surface area (Å²) < 4.78 is 15.4. The molecule has 0 amide bonds. The van der Waals surface area contributed by atoms with Crippen molar-refractivity contribution in [3.05, 3.63) is 29.8 Å². The first-order chi connectivity index (χ1) is 10.6. The maximum Gasteiger partial charge on any atom is 0.338 e. The average molecular weight is 311 g/mol. The summed E-state index contributed by atoms with van der Waals surface area (Å²) in [7, 11) is 1.64. The number of methoxy groups -OCH3 is 1. The molecule has 0 aliphatic carbocycles. The topological polar surface area (TPSA) is 77.0 Å². The average Bonchev–Trinajstić information content (AvgIpc) is 2.52. The van der Waals surface area contributed by atoms with Crippen LogP contribution in [-0.4, -0.2) is 56.7 Å². The Morgan fingerprint density at radius 1 is 1.27 bits per heavy atom. The van der Waals surface area contributed by atoms with Crippen molar-refractivity contribution in [2.45, 2.75) is 26.0 Å². The second kappa shape index (κ2) is 10.2. The number of nitrogens with one attached hydrogen (secondary N) is 1. The smallest absolute Gasteiger partial charge is 0.338 e. The van der Waals surface area contributed by atoms with Crippen molar-refractivity contribution in [2.75, 3.05) is 33.5 Å². The Labute approximate surface area is 131 Å². The Morgan fingerprint density at radius 3 is 2.55 bits per heavy atom. The van der Waals surface area contributed by atoms with Crippen LogP contribution in [0, 0.1) is 0 Å².